The van der Waals surface area contributed by atoms with E-state index in [9.17, 15) is 4.79 Å². The molecule has 1 aromatic rings. The minimum Gasteiger partial charge on any atom is -0.409 e. The Hall–Kier alpha value is -2.11. The Labute approximate surface area is 105 Å². The van der Waals surface area contributed by atoms with Crippen molar-refractivity contribution in [1.82, 2.24) is 9.88 Å². The highest BCUT2D eigenvalue weighted by molar-refractivity contribution is 5.98. The van der Waals surface area contributed by atoms with Gasteiger partial charge in [-0.15, -0.1) is 0 Å². The molecule has 18 heavy (non-hydrogen) atoms. The molecule has 0 bridgehead atoms. The molecule has 1 fully saturated rings. The number of nitrogens with two attached hydrogens (primary N) is 1. The van der Waals surface area contributed by atoms with E-state index in [1.807, 2.05) is 6.92 Å². The molecule has 0 saturated carbocycles. The highest BCUT2D eigenvalue weighted by Gasteiger charge is 2.32. The number of oxime groups is 1. The Balaban J connectivity index is 2.20. The van der Waals surface area contributed by atoms with Crippen molar-refractivity contribution < 1.29 is 10.0 Å². The third kappa shape index (κ3) is 2.27. The number of hydrogen-bond donors (Lipinski definition) is 2. The van der Waals surface area contributed by atoms with E-state index in [0.717, 1.165) is 18.5 Å². The normalized spacial score (nSPS) is 20.2. The van der Waals surface area contributed by atoms with E-state index in [4.69, 9.17) is 10.9 Å². The lowest BCUT2D eigenvalue weighted by Gasteiger charge is -2.23. The van der Waals surface area contributed by atoms with Crippen molar-refractivity contribution in [3.05, 3.63) is 29.6 Å². The summed E-state index contributed by atoms with van der Waals surface area (Å²) >= 11 is 0. The van der Waals surface area contributed by atoms with Crippen LogP contribution in [0.2, 0.25) is 0 Å². The average molecular weight is 248 g/mol. The molecule has 1 aliphatic rings. The molecule has 6 heteroatoms. The van der Waals surface area contributed by atoms with Crippen LogP contribution in [0.1, 0.15) is 28.9 Å². The van der Waals surface area contributed by atoms with Gasteiger partial charge in [-0.25, -0.2) is 0 Å². The van der Waals surface area contributed by atoms with Crippen molar-refractivity contribution in [1.29, 1.82) is 0 Å². The van der Waals surface area contributed by atoms with Gasteiger partial charge in [-0.05, 0) is 31.9 Å². The lowest BCUT2D eigenvalue weighted by atomic mass is 10.2. The van der Waals surface area contributed by atoms with Crippen LogP contribution in [-0.2, 0) is 0 Å². The molecule has 96 valence electrons. The second kappa shape index (κ2) is 5.03. The fraction of sp³-hybridized carbons (Fsp3) is 0.417. The van der Waals surface area contributed by atoms with Crippen LogP contribution in [0.15, 0.2) is 23.5 Å². The monoisotopic (exact) mass is 248 g/mol. The van der Waals surface area contributed by atoms with Crippen LogP contribution < -0.4 is 5.73 Å². The molecule has 1 aliphatic heterocycles. The van der Waals surface area contributed by atoms with Crippen molar-refractivity contribution in [3.63, 3.8) is 0 Å². The second-order valence-corrected chi connectivity index (χ2v) is 4.37. The molecule has 0 radical (unpaired) electrons. The maximum Gasteiger partial charge on any atom is 0.256 e. The summed E-state index contributed by atoms with van der Waals surface area (Å²) in [5, 5.41) is 11.7. The van der Waals surface area contributed by atoms with Gasteiger partial charge in [-0.2, -0.15) is 0 Å². The van der Waals surface area contributed by atoms with E-state index >= 15 is 0 Å². The van der Waals surface area contributed by atoms with E-state index in [-0.39, 0.29) is 17.8 Å². The molecule has 1 amide bonds. The molecule has 1 unspecified atom stereocenters. The molecular formula is C12H16N4O2. The predicted octanol–water partition coefficient (Wildman–Crippen LogP) is 0.741. The Kier molecular flexibility index (Phi) is 3.45. The van der Waals surface area contributed by atoms with Gasteiger partial charge in [0.2, 0.25) is 0 Å². The quantitative estimate of drug-likeness (QED) is 0.349. The van der Waals surface area contributed by atoms with Crippen LogP contribution in [0.25, 0.3) is 0 Å². The molecule has 3 N–H and O–H groups in total. The van der Waals surface area contributed by atoms with Gasteiger partial charge >= 0.3 is 0 Å². The molecule has 1 saturated heterocycles. The Morgan fingerprint density at radius 3 is 3.00 bits per heavy atom. The summed E-state index contributed by atoms with van der Waals surface area (Å²) in [5.74, 6) is -0.0440. The fourth-order valence-electron chi connectivity index (χ4n) is 2.14. The number of pyridine rings is 1. The zero-order chi connectivity index (χ0) is 13.1. The first-order valence-electron chi connectivity index (χ1n) is 5.84. The van der Waals surface area contributed by atoms with Crippen LogP contribution >= 0.6 is 0 Å². The zero-order valence-corrected chi connectivity index (χ0v) is 10.2. The number of aryl methyl sites for hydroxylation is 1. The zero-order valence-electron chi connectivity index (χ0n) is 10.2. The van der Waals surface area contributed by atoms with Crippen LogP contribution in [0.4, 0.5) is 0 Å². The lowest BCUT2D eigenvalue weighted by Crippen LogP contribution is -2.43. The maximum absolute atomic E-state index is 12.3. The molecule has 1 atom stereocenters. The maximum atomic E-state index is 12.3. The molecular weight excluding hydrogens is 232 g/mol. The smallest absolute Gasteiger partial charge is 0.256 e. The second-order valence-electron chi connectivity index (χ2n) is 4.37. The molecule has 0 aliphatic carbocycles. The molecule has 2 heterocycles. The van der Waals surface area contributed by atoms with E-state index in [2.05, 4.69) is 10.1 Å². The standard InChI is InChI=1S/C12H16N4O2/c1-8-4-5-9(7-14-8)12(17)16-6-2-3-10(16)11(13)15-18/h4-5,7,10,18H,2-3,6H2,1H3,(H2,13,15). The lowest BCUT2D eigenvalue weighted by molar-refractivity contribution is 0.0767. The minimum absolute atomic E-state index is 0.0842. The third-order valence-electron chi connectivity index (χ3n) is 3.13. The van der Waals surface area contributed by atoms with E-state index < -0.39 is 0 Å². The van der Waals surface area contributed by atoms with Gasteiger partial charge in [0.05, 0.1) is 11.6 Å². The molecule has 0 spiro atoms. The predicted molar refractivity (Wildman–Crippen MR) is 66.4 cm³/mol. The van der Waals surface area contributed by atoms with E-state index in [1.54, 1.807) is 23.2 Å². The minimum atomic E-state index is -0.316. The Morgan fingerprint density at radius 2 is 2.39 bits per heavy atom. The van der Waals surface area contributed by atoms with Crippen LogP contribution in [0, 0.1) is 6.92 Å². The molecule has 6 nitrogen and oxygen atoms in total. The van der Waals surface area contributed by atoms with Gasteiger partial charge in [-0.1, -0.05) is 5.16 Å². The summed E-state index contributed by atoms with van der Waals surface area (Å²) in [4.78, 5) is 18.0. The largest absolute Gasteiger partial charge is 0.409 e. The number of aromatic nitrogens is 1. The van der Waals surface area contributed by atoms with E-state index in [0.29, 0.717) is 12.1 Å². The first-order valence-corrected chi connectivity index (χ1v) is 5.84. The van der Waals surface area contributed by atoms with Crippen molar-refractivity contribution >= 4 is 11.7 Å². The molecule has 2 rings (SSSR count). The number of rotatable bonds is 2. The summed E-state index contributed by atoms with van der Waals surface area (Å²) in [5.41, 5.74) is 6.99. The van der Waals surface area contributed by atoms with Gasteiger partial charge in [0.1, 0.15) is 0 Å². The first kappa shape index (κ1) is 12.3. The Bertz CT molecular complexity index is 469. The summed E-state index contributed by atoms with van der Waals surface area (Å²) in [6.07, 6.45) is 3.13. The van der Waals surface area contributed by atoms with Crippen LogP contribution in [0.5, 0.6) is 0 Å². The molecule has 0 aromatic carbocycles. The van der Waals surface area contributed by atoms with Crippen molar-refractivity contribution in [3.8, 4) is 0 Å². The number of carbonyl (C=O) groups is 1. The highest BCUT2D eigenvalue weighted by atomic mass is 16.4. The van der Waals surface area contributed by atoms with Crippen LogP contribution in [-0.4, -0.2) is 39.4 Å². The Morgan fingerprint density at radius 1 is 1.61 bits per heavy atom. The van der Waals surface area contributed by atoms with Crippen LogP contribution in [0.3, 0.4) is 0 Å². The first-order chi connectivity index (χ1) is 8.63. The van der Waals surface area contributed by atoms with Gasteiger partial charge in [0.15, 0.2) is 5.84 Å². The number of amidine groups is 1. The van der Waals surface area contributed by atoms with Gasteiger partial charge < -0.3 is 15.8 Å². The highest BCUT2D eigenvalue weighted by Crippen LogP contribution is 2.20. The van der Waals surface area contributed by atoms with E-state index in [1.165, 1.54) is 0 Å². The summed E-state index contributed by atoms with van der Waals surface area (Å²) in [7, 11) is 0. The van der Waals surface area contributed by atoms with Gasteiger partial charge in [0, 0.05) is 18.4 Å². The average Bonchev–Trinajstić information content (AvgIpc) is 2.87. The number of likely N-dealkylation sites (tertiary alicyclic amines) is 1. The number of hydrogen-bond acceptors (Lipinski definition) is 4. The van der Waals surface area contributed by atoms with Crippen molar-refractivity contribution in [2.75, 3.05) is 6.54 Å². The van der Waals surface area contributed by atoms with Crippen molar-refractivity contribution in [2.45, 2.75) is 25.8 Å². The topological polar surface area (TPSA) is 91.8 Å². The van der Waals surface area contributed by atoms with Crippen molar-refractivity contribution in [2.24, 2.45) is 10.9 Å². The van der Waals surface area contributed by atoms with Gasteiger partial charge in [-0.3, -0.25) is 9.78 Å². The summed E-state index contributed by atoms with van der Waals surface area (Å²) < 4.78 is 0. The third-order valence-corrected chi connectivity index (χ3v) is 3.13. The summed E-state index contributed by atoms with van der Waals surface area (Å²) in [6, 6.07) is 3.22. The number of amides is 1. The fourth-order valence-corrected chi connectivity index (χ4v) is 2.14. The SMILES string of the molecule is Cc1ccc(C(=O)N2CCCC2C(N)=NO)cn1. The summed E-state index contributed by atoms with van der Waals surface area (Å²) in [6.45, 7) is 2.48. The molecule has 1 aromatic heterocycles. The number of nitrogens with zero attached hydrogens (tertiary/aromatic N) is 3. The number of carbonyl (C=O) groups excluding carboxylic acids is 1. The van der Waals surface area contributed by atoms with Gasteiger partial charge in [0.25, 0.3) is 5.91 Å².